The first kappa shape index (κ1) is 17.4. The Hall–Kier alpha value is -1.95. The van der Waals surface area contributed by atoms with Crippen LogP contribution in [0.4, 0.5) is 0 Å². The molecule has 2 aromatic rings. The summed E-state index contributed by atoms with van der Waals surface area (Å²) < 4.78 is 13.1. The number of hydrogen-bond acceptors (Lipinski definition) is 5. The molecule has 0 aliphatic carbocycles. The van der Waals surface area contributed by atoms with Gasteiger partial charge in [0, 0.05) is 31.8 Å². The van der Waals surface area contributed by atoms with Crippen LogP contribution in [0, 0.1) is 20.8 Å². The molecule has 0 aromatic carbocycles. The number of aryl methyl sites for hydroxylation is 2. The van der Waals surface area contributed by atoms with Crippen LogP contribution in [0.15, 0.2) is 6.20 Å². The van der Waals surface area contributed by atoms with Crippen molar-refractivity contribution in [3.63, 3.8) is 0 Å². The van der Waals surface area contributed by atoms with Crippen molar-refractivity contribution < 1.29 is 9.47 Å². The molecule has 2 rings (SSSR count). The molecular formula is C17H26N4O2. The van der Waals surface area contributed by atoms with E-state index in [1.165, 1.54) is 5.56 Å². The van der Waals surface area contributed by atoms with E-state index in [4.69, 9.17) is 9.47 Å². The van der Waals surface area contributed by atoms with Gasteiger partial charge in [-0.1, -0.05) is 6.92 Å². The lowest BCUT2D eigenvalue weighted by Crippen LogP contribution is -2.23. The zero-order chi connectivity index (χ0) is 17.0. The number of aromatic nitrogens is 4. The van der Waals surface area contributed by atoms with Crippen molar-refractivity contribution in [1.29, 1.82) is 0 Å². The smallest absolute Gasteiger partial charge is 0.220 e. The van der Waals surface area contributed by atoms with E-state index in [9.17, 15) is 0 Å². The van der Waals surface area contributed by atoms with Crippen LogP contribution >= 0.6 is 0 Å². The topological polar surface area (TPSA) is 62.1 Å². The molecule has 1 unspecified atom stereocenters. The Morgan fingerprint density at radius 2 is 1.96 bits per heavy atom. The SMILES string of the molecule is CCC(COC)Oc1nc(C)nc(Cc2cnn(C)c2C)c1C. The summed E-state index contributed by atoms with van der Waals surface area (Å²) >= 11 is 0. The lowest BCUT2D eigenvalue weighted by molar-refractivity contribution is 0.0748. The minimum Gasteiger partial charge on any atom is -0.472 e. The van der Waals surface area contributed by atoms with Crippen molar-refractivity contribution in [1.82, 2.24) is 19.7 Å². The Bertz CT molecular complexity index is 667. The van der Waals surface area contributed by atoms with Crippen molar-refractivity contribution in [3.8, 4) is 5.88 Å². The Kier molecular flexibility index (Phi) is 5.71. The molecule has 1 atom stereocenters. The second-order valence-corrected chi connectivity index (χ2v) is 5.81. The highest BCUT2D eigenvalue weighted by atomic mass is 16.5. The van der Waals surface area contributed by atoms with E-state index >= 15 is 0 Å². The summed E-state index contributed by atoms with van der Waals surface area (Å²) in [5.41, 5.74) is 4.28. The van der Waals surface area contributed by atoms with Crippen molar-refractivity contribution in [2.45, 2.75) is 46.6 Å². The Morgan fingerprint density at radius 1 is 1.22 bits per heavy atom. The molecule has 0 saturated heterocycles. The molecule has 0 amide bonds. The largest absolute Gasteiger partial charge is 0.472 e. The van der Waals surface area contributed by atoms with Gasteiger partial charge in [-0.05, 0) is 32.8 Å². The molecule has 0 radical (unpaired) electrons. The second-order valence-electron chi connectivity index (χ2n) is 5.81. The first-order valence-corrected chi connectivity index (χ1v) is 7.93. The van der Waals surface area contributed by atoms with Gasteiger partial charge >= 0.3 is 0 Å². The van der Waals surface area contributed by atoms with Crippen LogP contribution in [0.5, 0.6) is 5.88 Å². The molecule has 2 heterocycles. The Morgan fingerprint density at radius 3 is 2.52 bits per heavy atom. The van der Waals surface area contributed by atoms with Gasteiger partial charge in [0.1, 0.15) is 11.9 Å². The third-order valence-corrected chi connectivity index (χ3v) is 4.09. The van der Waals surface area contributed by atoms with Gasteiger partial charge in [0.05, 0.1) is 18.5 Å². The molecule has 0 aliphatic rings. The highest BCUT2D eigenvalue weighted by molar-refractivity contribution is 5.34. The first-order valence-electron chi connectivity index (χ1n) is 7.93. The molecular weight excluding hydrogens is 292 g/mol. The highest BCUT2D eigenvalue weighted by Gasteiger charge is 2.16. The highest BCUT2D eigenvalue weighted by Crippen LogP contribution is 2.23. The molecule has 126 valence electrons. The van der Waals surface area contributed by atoms with Gasteiger partial charge in [-0.25, -0.2) is 4.98 Å². The summed E-state index contributed by atoms with van der Waals surface area (Å²) in [6, 6.07) is 0. The lowest BCUT2D eigenvalue weighted by Gasteiger charge is -2.18. The Balaban J connectivity index is 2.29. The van der Waals surface area contributed by atoms with E-state index in [0.717, 1.165) is 35.6 Å². The first-order chi connectivity index (χ1) is 11.0. The fourth-order valence-electron chi connectivity index (χ4n) is 2.42. The maximum absolute atomic E-state index is 6.03. The summed E-state index contributed by atoms with van der Waals surface area (Å²) in [5.74, 6) is 1.37. The minimum atomic E-state index is 0.000906. The van der Waals surface area contributed by atoms with Crippen molar-refractivity contribution in [2.24, 2.45) is 7.05 Å². The van der Waals surface area contributed by atoms with Crippen molar-refractivity contribution in [3.05, 3.63) is 34.5 Å². The number of rotatable bonds is 7. The third-order valence-electron chi connectivity index (χ3n) is 4.09. The quantitative estimate of drug-likeness (QED) is 0.785. The van der Waals surface area contributed by atoms with Gasteiger partial charge in [0.2, 0.25) is 5.88 Å². The molecule has 0 saturated carbocycles. The molecule has 23 heavy (non-hydrogen) atoms. The molecule has 0 aliphatic heterocycles. The van der Waals surface area contributed by atoms with Crippen molar-refractivity contribution in [2.75, 3.05) is 13.7 Å². The molecule has 6 nitrogen and oxygen atoms in total. The van der Waals surface area contributed by atoms with Crippen LogP contribution in [0.25, 0.3) is 0 Å². The van der Waals surface area contributed by atoms with Crippen LogP contribution in [0.2, 0.25) is 0 Å². The fraction of sp³-hybridized carbons (Fsp3) is 0.588. The zero-order valence-electron chi connectivity index (χ0n) is 14.9. The number of ether oxygens (including phenoxy) is 2. The van der Waals surface area contributed by atoms with Crippen LogP contribution in [0.1, 0.15) is 41.7 Å². The average Bonchev–Trinajstić information content (AvgIpc) is 2.83. The number of methoxy groups -OCH3 is 1. The normalized spacial score (nSPS) is 12.4. The Labute approximate surface area is 137 Å². The predicted molar refractivity (Wildman–Crippen MR) is 88.8 cm³/mol. The lowest BCUT2D eigenvalue weighted by atomic mass is 10.1. The molecule has 0 fully saturated rings. The maximum Gasteiger partial charge on any atom is 0.220 e. The average molecular weight is 318 g/mol. The fourth-order valence-corrected chi connectivity index (χ4v) is 2.42. The van der Waals surface area contributed by atoms with Gasteiger partial charge in [-0.3, -0.25) is 4.68 Å². The van der Waals surface area contributed by atoms with Gasteiger partial charge < -0.3 is 9.47 Å². The van der Waals surface area contributed by atoms with Gasteiger partial charge in [-0.2, -0.15) is 10.1 Å². The zero-order valence-corrected chi connectivity index (χ0v) is 14.9. The molecule has 6 heteroatoms. The monoisotopic (exact) mass is 318 g/mol. The number of nitrogens with zero attached hydrogens (tertiary/aromatic N) is 4. The summed E-state index contributed by atoms with van der Waals surface area (Å²) in [7, 11) is 3.63. The van der Waals surface area contributed by atoms with Gasteiger partial charge in [-0.15, -0.1) is 0 Å². The van der Waals surface area contributed by atoms with E-state index in [0.29, 0.717) is 12.5 Å². The number of hydrogen-bond donors (Lipinski definition) is 0. The third kappa shape index (κ3) is 4.07. The van der Waals surface area contributed by atoms with E-state index in [-0.39, 0.29) is 6.10 Å². The van der Waals surface area contributed by atoms with Crippen LogP contribution in [-0.4, -0.2) is 39.6 Å². The predicted octanol–water partition coefficient (Wildman–Crippen LogP) is 2.53. The second kappa shape index (κ2) is 7.55. The standard InChI is InChI=1S/C17H26N4O2/c1-7-15(10-22-6)23-17-11(2)16(19-13(4)20-17)8-14-9-18-21(5)12(14)3/h9,15H,7-8,10H2,1-6H3. The molecule has 0 spiro atoms. The van der Waals surface area contributed by atoms with E-state index in [1.807, 2.05) is 31.8 Å². The summed E-state index contributed by atoms with van der Waals surface area (Å²) in [4.78, 5) is 9.06. The van der Waals surface area contributed by atoms with Crippen LogP contribution in [0.3, 0.4) is 0 Å². The van der Waals surface area contributed by atoms with E-state index in [1.54, 1.807) is 7.11 Å². The summed E-state index contributed by atoms with van der Waals surface area (Å²) in [6.07, 6.45) is 3.49. The van der Waals surface area contributed by atoms with Crippen molar-refractivity contribution >= 4 is 0 Å². The van der Waals surface area contributed by atoms with Crippen LogP contribution < -0.4 is 4.74 Å². The maximum atomic E-state index is 6.03. The van der Waals surface area contributed by atoms with Gasteiger partial charge in [0.25, 0.3) is 0 Å². The molecule has 0 N–H and O–H groups in total. The summed E-state index contributed by atoms with van der Waals surface area (Å²) in [5, 5.41) is 4.30. The molecule has 0 bridgehead atoms. The van der Waals surface area contributed by atoms with Gasteiger partial charge in [0.15, 0.2) is 0 Å². The van der Waals surface area contributed by atoms with E-state index < -0.39 is 0 Å². The molecule has 2 aromatic heterocycles. The minimum absolute atomic E-state index is 0.000906. The van der Waals surface area contributed by atoms with Crippen LogP contribution in [-0.2, 0) is 18.2 Å². The van der Waals surface area contributed by atoms with E-state index in [2.05, 4.69) is 28.9 Å². The summed E-state index contributed by atoms with van der Waals surface area (Å²) in [6.45, 7) is 8.59.